The van der Waals surface area contributed by atoms with Crippen molar-refractivity contribution in [3.05, 3.63) is 64.7 Å². The normalized spacial score (nSPS) is 13.2. The fourth-order valence-electron chi connectivity index (χ4n) is 3.10. The molecule has 0 radical (unpaired) electrons. The number of aryl methyl sites for hydroxylation is 1. The van der Waals surface area contributed by atoms with Crippen molar-refractivity contribution < 1.29 is 19.4 Å². The summed E-state index contributed by atoms with van der Waals surface area (Å²) in [5.41, 5.74) is 3.65. The molecule has 0 saturated heterocycles. The summed E-state index contributed by atoms with van der Waals surface area (Å²) in [7, 11) is 1.64. The van der Waals surface area contributed by atoms with Gasteiger partial charge < -0.3 is 14.7 Å². The van der Waals surface area contributed by atoms with Gasteiger partial charge in [-0.2, -0.15) is 0 Å². The van der Waals surface area contributed by atoms with E-state index in [4.69, 9.17) is 9.84 Å². The Hall–Kier alpha value is -2.82. The van der Waals surface area contributed by atoms with Gasteiger partial charge in [-0.25, -0.2) is 4.79 Å². The zero-order chi connectivity index (χ0) is 17.8. The summed E-state index contributed by atoms with van der Waals surface area (Å²) in [4.78, 5) is 25.3. The van der Waals surface area contributed by atoms with Gasteiger partial charge in [0.25, 0.3) is 0 Å². The first kappa shape index (κ1) is 17.0. The average Bonchev–Trinajstić information content (AvgIpc) is 2.65. The van der Waals surface area contributed by atoms with Crippen molar-refractivity contribution in [2.24, 2.45) is 0 Å². The maximum Gasteiger partial charge on any atom is 0.335 e. The Morgan fingerprint density at radius 1 is 1.12 bits per heavy atom. The Morgan fingerprint density at radius 2 is 1.88 bits per heavy atom. The van der Waals surface area contributed by atoms with Crippen molar-refractivity contribution in [2.75, 3.05) is 13.7 Å². The number of rotatable bonds is 5. The molecule has 0 spiro atoms. The van der Waals surface area contributed by atoms with Crippen LogP contribution < -0.4 is 4.74 Å². The van der Waals surface area contributed by atoms with Crippen molar-refractivity contribution >= 4 is 11.9 Å². The van der Waals surface area contributed by atoms with Gasteiger partial charge in [-0.05, 0) is 53.8 Å². The lowest BCUT2D eigenvalue weighted by molar-refractivity contribution is -0.132. The second kappa shape index (κ2) is 7.38. The van der Waals surface area contributed by atoms with E-state index in [0.29, 0.717) is 19.4 Å². The van der Waals surface area contributed by atoms with Crippen molar-refractivity contribution in [3.8, 4) is 5.75 Å². The van der Waals surface area contributed by atoms with Crippen molar-refractivity contribution in [3.63, 3.8) is 0 Å². The second-order valence-electron chi connectivity index (χ2n) is 6.20. The van der Waals surface area contributed by atoms with Crippen molar-refractivity contribution in [1.29, 1.82) is 0 Å². The molecule has 2 aromatic rings. The van der Waals surface area contributed by atoms with Crippen LogP contribution in [0.5, 0.6) is 5.75 Å². The zero-order valence-electron chi connectivity index (χ0n) is 14.2. The molecule has 0 aliphatic carbocycles. The summed E-state index contributed by atoms with van der Waals surface area (Å²) in [5, 5.41) is 8.91. The van der Waals surface area contributed by atoms with Crippen molar-refractivity contribution in [2.45, 2.75) is 25.8 Å². The third kappa shape index (κ3) is 3.99. The van der Waals surface area contributed by atoms with Crippen LogP contribution in [0.15, 0.2) is 42.5 Å². The summed E-state index contributed by atoms with van der Waals surface area (Å²) in [6, 6.07) is 12.7. The summed E-state index contributed by atoms with van der Waals surface area (Å²) in [6.07, 6.45) is 1.89. The van der Waals surface area contributed by atoms with Gasteiger partial charge in [-0.15, -0.1) is 0 Å². The molecule has 0 fully saturated rings. The van der Waals surface area contributed by atoms with E-state index in [0.717, 1.165) is 29.8 Å². The first-order chi connectivity index (χ1) is 12.1. The first-order valence-electron chi connectivity index (χ1n) is 8.32. The average molecular weight is 339 g/mol. The van der Waals surface area contributed by atoms with Gasteiger partial charge in [-0.1, -0.05) is 18.2 Å². The van der Waals surface area contributed by atoms with E-state index < -0.39 is 5.97 Å². The van der Waals surface area contributed by atoms with Gasteiger partial charge in [0.15, 0.2) is 0 Å². The number of amides is 1. The number of carboxylic acids is 1. The maximum atomic E-state index is 12.5. The monoisotopic (exact) mass is 339 g/mol. The minimum atomic E-state index is -0.940. The van der Waals surface area contributed by atoms with E-state index in [2.05, 4.69) is 6.07 Å². The van der Waals surface area contributed by atoms with Gasteiger partial charge in [0.2, 0.25) is 5.91 Å². The molecule has 5 heteroatoms. The van der Waals surface area contributed by atoms with Crippen LogP contribution in [-0.4, -0.2) is 35.5 Å². The lowest BCUT2D eigenvalue weighted by atomic mass is 9.98. The van der Waals surface area contributed by atoms with E-state index in [1.54, 1.807) is 31.4 Å². The fraction of sp³-hybridized carbons (Fsp3) is 0.300. The molecule has 1 amide bonds. The maximum absolute atomic E-state index is 12.5. The minimum absolute atomic E-state index is 0.121. The van der Waals surface area contributed by atoms with E-state index in [1.807, 2.05) is 17.0 Å². The standard InChI is InChI=1S/C20H21NO4/c1-25-18-8-7-15-10-11-21(13-17(15)12-18)19(22)9-4-14-2-5-16(6-3-14)20(23)24/h2-3,5-8,12H,4,9-11,13H2,1H3,(H,23,24). The molecule has 3 rings (SSSR count). The van der Waals surface area contributed by atoms with Crippen LogP contribution in [-0.2, 0) is 24.2 Å². The molecule has 1 N–H and O–H groups in total. The quantitative estimate of drug-likeness (QED) is 0.909. The number of nitrogens with zero attached hydrogens (tertiary/aromatic N) is 1. The number of aromatic carboxylic acids is 1. The molecule has 25 heavy (non-hydrogen) atoms. The van der Waals surface area contributed by atoms with Gasteiger partial charge in [-0.3, -0.25) is 4.79 Å². The van der Waals surface area contributed by atoms with Crippen LogP contribution in [0.3, 0.4) is 0 Å². The van der Waals surface area contributed by atoms with E-state index >= 15 is 0 Å². The number of fused-ring (bicyclic) bond motifs is 1. The number of carbonyl (C=O) groups excluding carboxylic acids is 1. The molecule has 0 bridgehead atoms. The Labute approximate surface area is 146 Å². The molecule has 2 aromatic carbocycles. The molecule has 0 atom stereocenters. The topological polar surface area (TPSA) is 66.8 Å². The van der Waals surface area contributed by atoms with Crippen molar-refractivity contribution in [1.82, 2.24) is 4.90 Å². The van der Waals surface area contributed by atoms with E-state index in [9.17, 15) is 9.59 Å². The molecule has 0 unspecified atom stereocenters. The van der Waals surface area contributed by atoms with Crippen LogP contribution in [0.25, 0.3) is 0 Å². The predicted molar refractivity (Wildman–Crippen MR) is 93.8 cm³/mol. The fourth-order valence-corrected chi connectivity index (χ4v) is 3.10. The first-order valence-corrected chi connectivity index (χ1v) is 8.32. The summed E-state index contributed by atoms with van der Waals surface area (Å²) >= 11 is 0. The molecule has 0 saturated carbocycles. The van der Waals surface area contributed by atoms with Crippen LogP contribution in [0.4, 0.5) is 0 Å². The number of benzene rings is 2. The zero-order valence-corrected chi connectivity index (χ0v) is 14.2. The van der Waals surface area contributed by atoms with Gasteiger partial charge >= 0.3 is 5.97 Å². The van der Waals surface area contributed by atoms with Crippen LogP contribution in [0.1, 0.15) is 33.5 Å². The number of hydrogen-bond acceptors (Lipinski definition) is 3. The SMILES string of the molecule is COc1ccc2c(c1)CN(C(=O)CCc1ccc(C(=O)O)cc1)CC2. The number of methoxy groups -OCH3 is 1. The highest BCUT2D eigenvalue weighted by Gasteiger charge is 2.20. The molecule has 0 aromatic heterocycles. The minimum Gasteiger partial charge on any atom is -0.497 e. The second-order valence-corrected chi connectivity index (χ2v) is 6.20. The highest BCUT2D eigenvalue weighted by molar-refractivity contribution is 5.87. The number of carboxylic acid groups (broad SMARTS) is 1. The highest BCUT2D eigenvalue weighted by atomic mass is 16.5. The molecular formula is C20H21NO4. The lowest BCUT2D eigenvalue weighted by Gasteiger charge is -2.29. The number of carbonyl (C=O) groups is 2. The smallest absolute Gasteiger partial charge is 0.335 e. The van der Waals surface area contributed by atoms with Crippen LogP contribution in [0, 0.1) is 0 Å². The third-order valence-electron chi connectivity index (χ3n) is 4.61. The largest absolute Gasteiger partial charge is 0.497 e. The summed E-state index contributed by atoms with van der Waals surface area (Å²) < 4.78 is 5.26. The Kier molecular flexibility index (Phi) is 5.03. The Bertz CT molecular complexity index is 783. The third-order valence-corrected chi connectivity index (χ3v) is 4.61. The molecule has 130 valence electrons. The van der Waals surface area contributed by atoms with Gasteiger partial charge in [0, 0.05) is 19.5 Å². The number of hydrogen-bond donors (Lipinski definition) is 1. The molecule has 1 aliphatic heterocycles. The van der Waals surface area contributed by atoms with Crippen LogP contribution in [0.2, 0.25) is 0 Å². The Morgan fingerprint density at radius 3 is 2.56 bits per heavy atom. The van der Waals surface area contributed by atoms with Gasteiger partial charge in [0.05, 0.1) is 12.7 Å². The summed E-state index contributed by atoms with van der Waals surface area (Å²) in [5.74, 6) is -0.00705. The molecule has 5 nitrogen and oxygen atoms in total. The summed E-state index contributed by atoms with van der Waals surface area (Å²) in [6.45, 7) is 1.35. The van der Waals surface area contributed by atoms with Gasteiger partial charge in [0.1, 0.15) is 5.75 Å². The molecule has 1 aliphatic rings. The van der Waals surface area contributed by atoms with E-state index in [-0.39, 0.29) is 11.5 Å². The van der Waals surface area contributed by atoms with E-state index in [1.165, 1.54) is 5.56 Å². The van der Waals surface area contributed by atoms with Crippen LogP contribution >= 0.6 is 0 Å². The lowest BCUT2D eigenvalue weighted by Crippen LogP contribution is -2.36. The predicted octanol–water partition coefficient (Wildman–Crippen LogP) is 2.91. The number of ether oxygens (including phenoxy) is 1. The molecule has 1 heterocycles. The highest BCUT2D eigenvalue weighted by Crippen LogP contribution is 2.24. The Balaban J connectivity index is 1.59. The molecular weight excluding hydrogens is 318 g/mol.